The van der Waals surface area contributed by atoms with Crippen LogP contribution < -0.4 is 5.73 Å². The Labute approximate surface area is 148 Å². The molecule has 8 heteroatoms. The lowest BCUT2D eigenvalue weighted by Gasteiger charge is -2.33. The molecule has 0 bridgehead atoms. The van der Waals surface area contributed by atoms with E-state index in [0.717, 1.165) is 0 Å². The minimum absolute atomic E-state index is 0.0200. The fraction of sp³-hybridized carbons (Fsp3) is 0.353. The molecule has 0 saturated heterocycles. The number of carbonyl (C=O) groups excluding carboxylic acids is 1. The standard InChI is InChI=1S/C17H16ClF2N3O2/c1-17(14(20)8-25-16(21)23-17)10-6-9(2-3-12(10)19)7-13(24)15-11(18)4-5-22-15/h2-4,6,14H,5,7-8H2,1H3,(H2,21,23)/t14-,17+/m0/s1. The van der Waals surface area contributed by atoms with Crippen LogP contribution in [0.2, 0.25) is 0 Å². The monoisotopic (exact) mass is 367 g/mol. The smallest absolute Gasteiger partial charge is 0.283 e. The largest absolute Gasteiger partial charge is 0.462 e. The summed E-state index contributed by atoms with van der Waals surface area (Å²) in [4.78, 5) is 20.3. The van der Waals surface area contributed by atoms with Gasteiger partial charge >= 0.3 is 0 Å². The van der Waals surface area contributed by atoms with Gasteiger partial charge in [0.15, 0.2) is 12.0 Å². The number of ketones is 1. The van der Waals surface area contributed by atoms with Crippen LogP contribution in [0.15, 0.2) is 39.3 Å². The van der Waals surface area contributed by atoms with Gasteiger partial charge in [-0.3, -0.25) is 9.79 Å². The molecule has 0 radical (unpaired) electrons. The Morgan fingerprint density at radius 3 is 2.96 bits per heavy atom. The highest BCUT2D eigenvalue weighted by Crippen LogP contribution is 2.36. The van der Waals surface area contributed by atoms with Gasteiger partial charge < -0.3 is 10.5 Å². The van der Waals surface area contributed by atoms with Crippen molar-refractivity contribution in [3.05, 3.63) is 46.3 Å². The van der Waals surface area contributed by atoms with Crippen LogP contribution in [-0.4, -0.2) is 36.8 Å². The van der Waals surface area contributed by atoms with Crippen molar-refractivity contribution in [2.75, 3.05) is 13.2 Å². The number of nitrogens with two attached hydrogens (primary N) is 1. The molecule has 1 aromatic carbocycles. The lowest BCUT2D eigenvalue weighted by Crippen LogP contribution is -2.43. The molecular weight excluding hydrogens is 352 g/mol. The first-order chi connectivity index (χ1) is 11.8. The molecular formula is C17H16ClF2N3O2. The summed E-state index contributed by atoms with van der Waals surface area (Å²) in [5, 5.41) is 0.310. The molecule has 2 N–H and O–H groups in total. The maximum atomic E-state index is 14.4. The molecule has 0 aliphatic carbocycles. The molecule has 0 fully saturated rings. The van der Waals surface area contributed by atoms with E-state index < -0.39 is 17.5 Å². The Kier molecular flexibility index (Phi) is 4.60. The first kappa shape index (κ1) is 17.5. The van der Waals surface area contributed by atoms with Gasteiger partial charge in [0.05, 0.1) is 11.6 Å². The number of hydrogen-bond acceptors (Lipinski definition) is 5. The van der Waals surface area contributed by atoms with Crippen molar-refractivity contribution in [3.63, 3.8) is 0 Å². The van der Waals surface area contributed by atoms with E-state index in [-0.39, 0.29) is 36.1 Å². The van der Waals surface area contributed by atoms with Gasteiger partial charge in [-0.2, -0.15) is 0 Å². The first-order valence-electron chi connectivity index (χ1n) is 7.66. The second kappa shape index (κ2) is 6.55. The van der Waals surface area contributed by atoms with Crippen molar-refractivity contribution in [1.29, 1.82) is 0 Å². The van der Waals surface area contributed by atoms with E-state index in [4.69, 9.17) is 22.1 Å². The highest BCUT2D eigenvalue weighted by molar-refractivity contribution is 6.60. The predicted octanol–water partition coefficient (Wildman–Crippen LogP) is 2.41. The first-order valence-corrected chi connectivity index (χ1v) is 8.04. The third kappa shape index (κ3) is 3.28. The molecule has 2 heterocycles. The van der Waals surface area contributed by atoms with Crippen LogP contribution in [-0.2, 0) is 21.5 Å². The van der Waals surface area contributed by atoms with Crippen LogP contribution in [0.4, 0.5) is 8.78 Å². The zero-order valence-corrected chi connectivity index (χ0v) is 14.2. The van der Waals surface area contributed by atoms with E-state index in [9.17, 15) is 13.6 Å². The zero-order valence-electron chi connectivity index (χ0n) is 13.4. The predicted molar refractivity (Wildman–Crippen MR) is 91.2 cm³/mol. The van der Waals surface area contributed by atoms with Gasteiger partial charge in [0.25, 0.3) is 6.02 Å². The van der Waals surface area contributed by atoms with Crippen molar-refractivity contribution in [3.8, 4) is 0 Å². The number of carbonyl (C=O) groups is 1. The van der Waals surface area contributed by atoms with Gasteiger partial charge in [0.1, 0.15) is 23.7 Å². The molecule has 2 aliphatic rings. The molecule has 3 rings (SSSR count). The number of aliphatic imine (C=N–C) groups is 2. The number of benzene rings is 1. The number of Topliss-reactive ketones (excluding diaryl/α,β-unsaturated/α-hetero) is 1. The summed E-state index contributed by atoms with van der Waals surface area (Å²) in [6.07, 6.45) is 0.0368. The molecule has 132 valence electrons. The Morgan fingerprint density at radius 2 is 2.28 bits per heavy atom. The summed E-state index contributed by atoms with van der Waals surface area (Å²) in [7, 11) is 0. The van der Waals surface area contributed by atoms with Crippen LogP contribution in [0.1, 0.15) is 18.1 Å². The van der Waals surface area contributed by atoms with Crippen LogP contribution in [0.25, 0.3) is 0 Å². The quantitative estimate of drug-likeness (QED) is 0.887. The molecule has 0 spiro atoms. The number of alkyl halides is 1. The van der Waals surface area contributed by atoms with Crippen LogP contribution in [0.5, 0.6) is 0 Å². The van der Waals surface area contributed by atoms with Gasteiger partial charge in [-0.25, -0.2) is 13.8 Å². The SMILES string of the molecule is C[C@]1(c2cc(CC(=O)C3=NCC=C3Cl)ccc2F)N=C(N)OC[C@@H]1F. The molecule has 0 saturated carbocycles. The number of rotatable bonds is 4. The molecule has 25 heavy (non-hydrogen) atoms. The fourth-order valence-electron chi connectivity index (χ4n) is 2.83. The summed E-state index contributed by atoms with van der Waals surface area (Å²) in [5.74, 6) is -0.913. The Bertz CT molecular complexity index is 822. The van der Waals surface area contributed by atoms with E-state index in [1.54, 1.807) is 6.08 Å². The Hall–Kier alpha value is -2.28. The molecule has 0 amide bonds. The lowest BCUT2D eigenvalue weighted by atomic mass is 9.85. The second-order valence-corrected chi connectivity index (χ2v) is 6.44. The molecule has 2 aliphatic heterocycles. The van der Waals surface area contributed by atoms with Gasteiger partial charge in [0, 0.05) is 12.0 Å². The molecule has 1 aromatic rings. The van der Waals surface area contributed by atoms with Gasteiger partial charge in [-0.05, 0) is 30.7 Å². The van der Waals surface area contributed by atoms with Gasteiger partial charge in [-0.1, -0.05) is 17.7 Å². The summed E-state index contributed by atoms with van der Waals surface area (Å²) in [6, 6.07) is 3.88. The average molecular weight is 368 g/mol. The Balaban J connectivity index is 1.92. The Morgan fingerprint density at radius 1 is 1.52 bits per heavy atom. The highest BCUT2D eigenvalue weighted by Gasteiger charge is 2.42. The van der Waals surface area contributed by atoms with Crippen LogP contribution in [0, 0.1) is 5.82 Å². The fourth-order valence-corrected chi connectivity index (χ4v) is 3.07. The summed E-state index contributed by atoms with van der Waals surface area (Å²) < 4.78 is 33.6. The zero-order chi connectivity index (χ0) is 18.2. The van der Waals surface area contributed by atoms with E-state index in [1.165, 1.54) is 25.1 Å². The summed E-state index contributed by atoms with van der Waals surface area (Å²) >= 11 is 5.93. The number of hydrogen-bond donors (Lipinski definition) is 1. The van der Waals surface area contributed by atoms with Crippen LogP contribution in [0.3, 0.4) is 0 Å². The molecule has 0 aromatic heterocycles. The summed E-state index contributed by atoms with van der Waals surface area (Å²) in [5.41, 5.74) is 4.74. The number of halogens is 3. The van der Waals surface area contributed by atoms with Crippen molar-refractivity contribution in [2.24, 2.45) is 15.7 Å². The van der Waals surface area contributed by atoms with Crippen molar-refractivity contribution in [1.82, 2.24) is 0 Å². The topological polar surface area (TPSA) is 77.0 Å². The number of ether oxygens (including phenoxy) is 1. The number of allylic oxidation sites excluding steroid dienone is 1. The molecule has 5 nitrogen and oxygen atoms in total. The van der Waals surface area contributed by atoms with Gasteiger partial charge in [0.2, 0.25) is 0 Å². The summed E-state index contributed by atoms with van der Waals surface area (Å²) in [6.45, 7) is 1.49. The van der Waals surface area contributed by atoms with E-state index in [1.807, 2.05) is 0 Å². The number of amidine groups is 1. The molecule has 0 unspecified atom stereocenters. The van der Waals surface area contributed by atoms with E-state index in [2.05, 4.69) is 9.98 Å². The van der Waals surface area contributed by atoms with Crippen LogP contribution >= 0.6 is 11.6 Å². The lowest BCUT2D eigenvalue weighted by molar-refractivity contribution is -0.112. The highest BCUT2D eigenvalue weighted by atomic mass is 35.5. The third-order valence-corrected chi connectivity index (χ3v) is 4.61. The third-order valence-electron chi connectivity index (χ3n) is 4.28. The number of nitrogens with zero attached hydrogens (tertiary/aromatic N) is 2. The normalized spacial score (nSPS) is 25.8. The van der Waals surface area contributed by atoms with E-state index in [0.29, 0.717) is 17.1 Å². The second-order valence-electron chi connectivity index (χ2n) is 6.03. The minimum atomic E-state index is -1.57. The minimum Gasteiger partial charge on any atom is -0.462 e. The van der Waals surface area contributed by atoms with Crippen molar-refractivity contribution in [2.45, 2.75) is 25.1 Å². The van der Waals surface area contributed by atoms with Crippen molar-refractivity contribution < 1.29 is 18.3 Å². The maximum absolute atomic E-state index is 14.4. The van der Waals surface area contributed by atoms with Crippen molar-refractivity contribution >= 4 is 29.1 Å². The van der Waals surface area contributed by atoms with Gasteiger partial charge in [-0.15, -0.1) is 0 Å². The van der Waals surface area contributed by atoms with E-state index >= 15 is 0 Å². The average Bonchev–Trinajstić information content (AvgIpc) is 2.99. The maximum Gasteiger partial charge on any atom is 0.283 e. The molecule has 2 atom stereocenters.